The Hall–Kier alpha value is -4.53. The average molecular weight is 487 g/mol. The van der Waals surface area contributed by atoms with Gasteiger partial charge in [0, 0.05) is 37.7 Å². The molecule has 2 amide bonds. The van der Waals surface area contributed by atoms with Crippen molar-refractivity contribution in [2.45, 2.75) is 18.9 Å². The van der Waals surface area contributed by atoms with Crippen LogP contribution in [-0.4, -0.2) is 48.4 Å². The number of hydrogen-bond acceptors (Lipinski definition) is 7. The van der Waals surface area contributed by atoms with Crippen LogP contribution in [0.5, 0.6) is 11.5 Å². The molecule has 1 fully saturated rings. The summed E-state index contributed by atoms with van der Waals surface area (Å²) < 4.78 is 5.89. The molecule has 9 nitrogen and oxygen atoms in total. The average Bonchev–Trinajstić information content (AvgIpc) is 2.90. The summed E-state index contributed by atoms with van der Waals surface area (Å²) in [6, 6.07) is 16.3. The van der Waals surface area contributed by atoms with Crippen molar-refractivity contribution in [2.24, 2.45) is 0 Å². The standard InChI is InChI=1S/C27H30N6O3/c1-3-25(35)32-16-4-5-21(17-32)33(18-34)24-14-15-30-27(29)26(24)31(2)20-8-12-23(13-9-20)36-22-10-6-19(28)7-11-22/h3,6-15,18,21H,1,4-5,16-17,28H2,2H3,(H2,29,30). The van der Waals surface area contributed by atoms with Gasteiger partial charge < -0.3 is 30.9 Å². The van der Waals surface area contributed by atoms with Crippen molar-refractivity contribution in [3.05, 3.63) is 73.4 Å². The Balaban J connectivity index is 1.59. The number of anilines is 5. The number of nitrogen functional groups attached to an aromatic ring is 2. The Bertz CT molecular complexity index is 1230. The van der Waals surface area contributed by atoms with E-state index in [0.29, 0.717) is 47.5 Å². The molecule has 9 heteroatoms. The number of carbonyl (C=O) groups is 2. The zero-order chi connectivity index (χ0) is 25.7. The Morgan fingerprint density at radius 3 is 2.42 bits per heavy atom. The molecule has 1 unspecified atom stereocenters. The van der Waals surface area contributed by atoms with Crippen LogP contribution < -0.4 is 26.0 Å². The minimum Gasteiger partial charge on any atom is -0.457 e. The zero-order valence-corrected chi connectivity index (χ0v) is 20.2. The summed E-state index contributed by atoms with van der Waals surface area (Å²) in [5, 5.41) is 0. The maximum absolute atomic E-state index is 12.3. The fourth-order valence-electron chi connectivity index (χ4n) is 4.40. The molecule has 0 saturated carbocycles. The molecule has 4 rings (SSSR count). The lowest BCUT2D eigenvalue weighted by atomic mass is 10.0. The largest absolute Gasteiger partial charge is 0.457 e. The number of nitrogens with zero attached hydrogens (tertiary/aromatic N) is 4. The highest BCUT2D eigenvalue weighted by Gasteiger charge is 2.30. The van der Waals surface area contributed by atoms with E-state index in [0.717, 1.165) is 24.9 Å². The molecule has 1 saturated heterocycles. The second kappa shape index (κ2) is 10.8. The molecular formula is C27H30N6O3. The molecular weight excluding hydrogens is 456 g/mol. The molecule has 0 radical (unpaired) electrons. The van der Waals surface area contributed by atoms with Crippen LogP contribution in [0.25, 0.3) is 0 Å². The van der Waals surface area contributed by atoms with E-state index in [1.54, 1.807) is 46.3 Å². The molecule has 36 heavy (non-hydrogen) atoms. The number of ether oxygens (including phenoxy) is 1. The fourth-order valence-corrected chi connectivity index (χ4v) is 4.40. The summed E-state index contributed by atoms with van der Waals surface area (Å²) in [6.45, 7) is 4.65. The van der Waals surface area contributed by atoms with Gasteiger partial charge in [-0.25, -0.2) is 4.98 Å². The number of nitrogens with two attached hydrogens (primary N) is 2. The minimum absolute atomic E-state index is 0.140. The Morgan fingerprint density at radius 2 is 1.78 bits per heavy atom. The Labute approximate surface area is 210 Å². The second-order valence-electron chi connectivity index (χ2n) is 8.59. The van der Waals surface area contributed by atoms with E-state index in [1.165, 1.54) is 6.08 Å². The van der Waals surface area contributed by atoms with Crippen molar-refractivity contribution in [1.29, 1.82) is 0 Å². The van der Waals surface area contributed by atoms with Gasteiger partial charge in [0.05, 0.1) is 11.7 Å². The molecule has 1 atom stereocenters. The first-order valence-corrected chi connectivity index (χ1v) is 11.7. The molecule has 0 bridgehead atoms. The number of pyridine rings is 1. The van der Waals surface area contributed by atoms with Gasteiger partial charge in [0.25, 0.3) is 0 Å². The fraction of sp³-hybridized carbons (Fsp3) is 0.222. The summed E-state index contributed by atoms with van der Waals surface area (Å²) in [4.78, 5) is 34.0. The van der Waals surface area contributed by atoms with Crippen LogP contribution in [0, 0.1) is 0 Å². The van der Waals surface area contributed by atoms with Gasteiger partial charge in [0.2, 0.25) is 12.3 Å². The molecule has 1 aliphatic heterocycles. The normalized spacial score (nSPS) is 15.1. The van der Waals surface area contributed by atoms with Gasteiger partial charge in [0.1, 0.15) is 23.0 Å². The van der Waals surface area contributed by atoms with Gasteiger partial charge in [-0.15, -0.1) is 0 Å². The van der Waals surface area contributed by atoms with E-state index in [4.69, 9.17) is 16.2 Å². The molecule has 0 aliphatic carbocycles. The van der Waals surface area contributed by atoms with E-state index in [1.807, 2.05) is 36.2 Å². The Morgan fingerprint density at radius 1 is 1.11 bits per heavy atom. The summed E-state index contributed by atoms with van der Waals surface area (Å²) in [5.41, 5.74) is 14.8. The smallest absolute Gasteiger partial charge is 0.246 e. The molecule has 4 N–H and O–H groups in total. The van der Waals surface area contributed by atoms with Gasteiger partial charge in [0.15, 0.2) is 0 Å². The number of benzene rings is 2. The van der Waals surface area contributed by atoms with Crippen LogP contribution in [0.2, 0.25) is 0 Å². The Kier molecular flexibility index (Phi) is 7.39. The summed E-state index contributed by atoms with van der Waals surface area (Å²) >= 11 is 0. The van der Waals surface area contributed by atoms with Crippen molar-refractivity contribution < 1.29 is 14.3 Å². The molecule has 1 aliphatic rings. The third kappa shape index (κ3) is 5.25. The van der Waals surface area contributed by atoms with Crippen molar-refractivity contribution >= 4 is 40.9 Å². The lowest BCUT2D eigenvalue weighted by Gasteiger charge is -2.38. The van der Waals surface area contributed by atoms with Crippen LogP contribution in [-0.2, 0) is 9.59 Å². The molecule has 2 aromatic carbocycles. The third-order valence-corrected chi connectivity index (χ3v) is 6.27. The summed E-state index contributed by atoms with van der Waals surface area (Å²) in [7, 11) is 1.87. The first-order valence-electron chi connectivity index (χ1n) is 11.7. The molecule has 3 aromatic rings. The van der Waals surface area contributed by atoms with Crippen LogP contribution in [0.3, 0.4) is 0 Å². The SMILES string of the molecule is C=CC(=O)N1CCCC(N(C=O)c2ccnc(N)c2N(C)c2ccc(Oc3ccc(N)cc3)cc2)C1. The van der Waals surface area contributed by atoms with Crippen molar-refractivity contribution in [2.75, 3.05) is 41.4 Å². The first-order chi connectivity index (χ1) is 17.4. The maximum Gasteiger partial charge on any atom is 0.246 e. The summed E-state index contributed by atoms with van der Waals surface area (Å²) in [6.07, 6.45) is 5.23. The monoisotopic (exact) mass is 486 g/mol. The lowest BCUT2D eigenvalue weighted by molar-refractivity contribution is -0.127. The highest BCUT2D eigenvalue weighted by atomic mass is 16.5. The van der Waals surface area contributed by atoms with E-state index < -0.39 is 0 Å². The maximum atomic E-state index is 12.3. The zero-order valence-electron chi connectivity index (χ0n) is 20.2. The molecule has 186 valence electrons. The van der Waals surface area contributed by atoms with Gasteiger partial charge in [-0.2, -0.15) is 0 Å². The number of hydrogen-bond donors (Lipinski definition) is 2. The first kappa shape index (κ1) is 24.6. The second-order valence-corrected chi connectivity index (χ2v) is 8.59. The molecule has 2 heterocycles. The van der Waals surface area contributed by atoms with Gasteiger partial charge in [-0.05, 0) is 73.5 Å². The highest BCUT2D eigenvalue weighted by molar-refractivity contribution is 5.92. The minimum atomic E-state index is -0.190. The molecule has 0 spiro atoms. The third-order valence-electron chi connectivity index (χ3n) is 6.27. The topological polar surface area (TPSA) is 118 Å². The number of amides is 2. The predicted molar refractivity (Wildman–Crippen MR) is 142 cm³/mol. The van der Waals surface area contributed by atoms with E-state index in [-0.39, 0.29) is 11.9 Å². The number of rotatable bonds is 8. The van der Waals surface area contributed by atoms with Crippen LogP contribution in [0.1, 0.15) is 12.8 Å². The van der Waals surface area contributed by atoms with Crippen molar-refractivity contribution in [1.82, 2.24) is 9.88 Å². The van der Waals surface area contributed by atoms with Crippen LogP contribution >= 0.6 is 0 Å². The van der Waals surface area contributed by atoms with Gasteiger partial charge in [-0.3, -0.25) is 9.59 Å². The number of carbonyl (C=O) groups excluding carboxylic acids is 2. The van der Waals surface area contributed by atoms with Crippen LogP contribution in [0.15, 0.2) is 73.4 Å². The van der Waals surface area contributed by atoms with Gasteiger partial charge >= 0.3 is 0 Å². The quantitative estimate of drug-likeness (QED) is 0.281. The van der Waals surface area contributed by atoms with Gasteiger partial charge in [-0.1, -0.05) is 6.58 Å². The summed E-state index contributed by atoms with van der Waals surface area (Å²) in [5.74, 6) is 1.50. The van der Waals surface area contributed by atoms with E-state index >= 15 is 0 Å². The lowest BCUT2D eigenvalue weighted by Crippen LogP contribution is -2.49. The van der Waals surface area contributed by atoms with E-state index in [2.05, 4.69) is 11.6 Å². The van der Waals surface area contributed by atoms with Crippen molar-refractivity contribution in [3.8, 4) is 11.5 Å². The highest BCUT2D eigenvalue weighted by Crippen LogP contribution is 2.39. The number of likely N-dealkylation sites (tertiary alicyclic amines) is 1. The van der Waals surface area contributed by atoms with E-state index in [9.17, 15) is 9.59 Å². The predicted octanol–water partition coefficient (Wildman–Crippen LogP) is 3.95. The number of piperidine rings is 1. The van der Waals surface area contributed by atoms with Crippen LogP contribution in [0.4, 0.5) is 28.6 Å². The van der Waals surface area contributed by atoms with Crippen molar-refractivity contribution in [3.63, 3.8) is 0 Å². The number of aromatic nitrogens is 1. The molecule has 1 aromatic heterocycles.